The number of amides is 3. The van der Waals surface area contributed by atoms with Crippen LogP contribution in [0, 0.1) is 17.8 Å². The van der Waals surface area contributed by atoms with Crippen molar-refractivity contribution in [1.29, 1.82) is 0 Å². The van der Waals surface area contributed by atoms with E-state index >= 15 is 0 Å². The van der Waals surface area contributed by atoms with Gasteiger partial charge in [0.2, 0.25) is 0 Å². The Morgan fingerprint density at radius 2 is 1.67 bits per heavy atom. The lowest BCUT2D eigenvalue weighted by Gasteiger charge is -2.56. The van der Waals surface area contributed by atoms with E-state index in [0.717, 1.165) is 43.6 Å². The minimum absolute atomic E-state index is 0.0234. The van der Waals surface area contributed by atoms with Crippen molar-refractivity contribution in [3.8, 4) is 0 Å². The molecule has 0 aromatic rings. The van der Waals surface area contributed by atoms with Gasteiger partial charge in [-0.15, -0.1) is 0 Å². The molecule has 5 rings (SSSR count). The zero-order valence-electron chi connectivity index (χ0n) is 14.9. The minimum Gasteiger partial charge on any atom is -0.332 e. The van der Waals surface area contributed by atoms with Crippen molar-refractivity contribution in [2.45, 2.75) is 76.3 Å². The third-order valence-electron chi connectivity index (χ3n) is 7.14. The Balaban J connectivity index is 1.29. The first-order valence-electron chi connectivity index (χ1n) is 9.98. The van der Waals surface area contributed by atoms with Gasteiger partial charge >= 0.3 is 6.03 Å². The van der Waals surface area contributed by atoms with Gasteiger partial charge in [0.1, 0.15) is 0 Å². The van der Waals surface area contributed by atoms with E-state index in [9.17, 15) is 9.59 Å². The maximum atomic E-state index is 12.4. The number of urea groups is 1. The normalized spacial score (nSPS) is 43.5. The number of hydrogen-bond donors (Lipinski definition) is 3. The van der Waals surface area contributed by atoms with Crippen molar-refractivity contribution in [2.75, 3.05) is 13.1 Å². The van der Waals surface area contributed by atoms with Gasteiger partial charge in [-0.3, -0.25) is 10.1 Å². The topological polar surface area (TPSA) is 62.6 Å². The Bertz CT molecular complexity index is 483. The fourth-order valence-electron chi connectivity index (χ4n) is 6.43. The molecule has 5 heteroatoms. The van der Waals surface area contributed by atoms with E-state index in [0.29, 0.717) is 12.6 Å². The predicted octanol–water partition coefficient (Wildman–Crippen LogP) is 1.24. The highest BCUT2D eigenvalue weighted by Gasteiger charge is 2.51. The van der Waals surface area contributed by atoms with E-state index in [1.54, 1.807) is 0 Å². The summed E-state index contributed by atoms with van der Waals surface area (Å²) in [5, 5.41) is 5.84. The van der Waals surface area contributed by atoms with Gasteiger partial charge in [-0.05, 0) is 82.5 Å². The molecule has 1 saturated heterocycles. The smallest absolute Gasteiger partial charge is 0.322 e. The number of quaternary nitrogens is 1. The second-order valence-corrected chi connectivity index (χ2v) is 9.18. The van der Waals surface area contributed by atoms with Gasteiger partial charge in [0.05, 0.1) is 12.6 Å². The van der Waals surface area contributed by atoms with Crippen LogP contribution in [0.4, 0.5) is 4.79 Å². The number of nitrogens with one attached hydrogen (secondary N) is 3. The fourth-order valence-corrected chi connectivity index (χ4v) is 6.43. The predicted molar refractivity (Wildman–Crippen MR) is 91.6 cm³/mol. The van der Waals surface area contributed by atoms with E-state index in [1.807, 2.05) is 0 Å². The quantitative estimate of drug-likeness (QED) is 0.727. The molecule has 0 aromatic carbocycles. The maximum Gasteiger partial charge on any atom is 0.322 e. The van der Waals surface area contributed by atoms with Crippen LogP contribution in [0.3, 0.4) is 0 Å². The van der Waals surface area contributed by atoms with Crippen LogP contribution in [0.25, 0.3) is 0 Å². The average Bonchev–Trinajstić information content (AvgIpc) is 2.47. The number of likely N-dealkylation sites (tertiary alicyclic amines) is 1. The highest BCUT2D eigenvalue weighted by molar-refractivity contribution is 5.95. The number of carbonyl (C=O) groups excluding carboxylic acids is 2. The molecule has 1 unspecified atom stereocenters. The molecule has 2 atom stereocenters. The molecule has 1 aliphatic heterocycles. The Labute approximate surface area is 144 Å². The molecule has 0 radical (unpaired) electrons. The van der Waals surface area contributed by atoms with Crippen LogP contribution in [0.1, 0.15) is 64.7 Å². The van der Waals surface area contributed by atoms with Gasteiger partial charge in [-0.1, -0.05) is 0 Å². The van der Waals surface area contributed by atoms with Crippen molar-refractivity contribution >= 4 is 11.9 Å². The summed E-state index contributed by atoms with van der Waals surface area (Å²) >= 11 is 0. The van der Waals surface area contributed by atoms with Crippen molar-refractivity contribution in [2.24, 2.45) is 17.8 Å². The minimum atomic E-state index is -0.258. The third-order valence-corrected chi connectivity index (χ3v) is 7.14. The molecule has 0 spiro atoms. The summed E-state index contributed by atoms with van der Waals surface area (Å²) in [6.07, 6.45) is 11.1. The molecule has 4 saturated carbocycles. The zero-order chi connectivity index (χ0) is 16.7. The first-order valence-corrected chi connectivity index (χ1v) is 9.98. The van der Waals surface area contributed by atoms with E-state index in [2.05, 4.69) is 17.6 Å². The number of rotatable bonds is 3. The third kappa shape index (κ3) is 3.32. The van der Waals surface area contributed by atoms with Crippen LogP contribution in [-0.2, 0) is 4.79 Å². The Hall–Kier alpha value is -1.10. The van der Waals surface area contributed by atoms with Crippen molar-refractivity contribution in [3.05, 3.63) is 0 Å². The molecule has 24 heavy (non-hydrogen) atoms. The van der Waals surface area contributed by atoms with Crippen LogP contribution in [0.15, 0.2) is 0 Å². The highest BCUT2D eigenvalue weighted by Crippen LogP contribution is 2.55. The maximum absolute atomic E-state index is 12.4. The molecule has 134 valence electrons. The van der Waals surface area contributed by atoms with E-state index in [1.165, 1.54) is 43.4 Å². The van der Waals surface area contributed by atoms with E-state index in [4.69, 9.17) is 0 Å². The summed E-state index contributed by atoms with van der Waals surface area (Å²) in [5.74, 6) is 2.27. The van der Waals surface area contributed by atoms with Gasteiger partial charge in [0.25, 0.3) is 5.91 Å². The summed E-state index contributed by atoms with van der Waals surface area (Å²) in [6.45, 7) is 3.68. The van der Waals surface area contributed by atoms with Gasteiger partial charge in [0.15, 0.2) is 6.54 Å². The van der Waals surface area contributed by atoms with Crippen molar-refractivity contribution in [1.82, 2.24) is 10.6 Å². The van der Waals surface area contributed by atoms with E-state index < -0.39 is 0 Å². The fraction of sp³-hybridized carbons (Fsp3) is 0.895. The first kappa shape index (κ1) is 16.4. The summed E-state index contributed by atoms with van der Waals surface area (Å²) in [6, 6.07) is 0.265. The second kappa shape index (κ2) is 6.32. The molecule has 3 N–H and O–H groups in total. The molecule has 4 bridgehead atoms. The number of carbonyl (C=O) groups is 2. The van der Waals surface area contributed by atoms with Crippen LogP contribution in [0.2, 0.25) is 0 Å². The number of hydrogen-bond acceptors (Lipinski definition) is 2. The van der Waals surface area contributed by atoms with Crippen LogP contribution in [0.5, 0.6) is 0 Å². The molecule has 5 nitrogen and oxygen atoms in total. The van der Waals surface area contributed by atoms with Crippen molar-refractivity contribution in [3.63, 3.8) is 0 Å². The number of piperidine rings is 1. The Kier molecular flexibility index (Phi) is 4.31. The molecule has 4 aliphatic carbocycles. The second-order valence-electron chi connectivity index (χ2n) is 9.18. The summed E-state index contributed by atoms with van der Waals surface area (Å²) in [5.41, 5.74) is -0.0234. The standard InChI is InChI=1S/C19H31N3O2/c1-13-4-2-3-5-22(13)12-17(23)20-18(24)21-19-9-14-6-15(10-19)8-16(7-14)11-19/h13-16H,2-12H2,1H3,(H2,20,21,23,24)/p+1/t13-,14?,15?,16?,19?/m0/s1. The lowest BCUT2D eigenvalue weighted by molar-refractivity contribution is -0.920. The molecule has 5 fully saturated rings. The van der Waals surface area contributed by atoms with E-state index in [-0.39, 0.29) is 17.5 Å². The Morgan fingerprint density at radius 3 is 2.25 bits per heavy atom. The van der Waals surface area contributed by atoms with Crippen LogP contribution < -0.4 is 15.5 Å². The van der Waals surface area contributed by atoms with Gasteiger partial charge in [0, 0.05) is 5.54 Å². The monoisotopic (exact) mass is 334 g/mol. The Morgan fingerprint density at radius 1 is 1.04 bits per heavy atom. The number of imide groups is 1. The summed E-state index contributed by atoms with van der Waals surface area (Å²) in [7, 11) is 0. The van der Waals surface area contributed by atoms with Crippen LogP contribution in [-0.4, -0.2) is 36.6 Å². The zero-order valence-corrected chi connectivity index (χ0v) is 14.9. The molecule has 1 heterocycles. The van der Waals surface area contributed by atoms with Crippen LogP contribution >= 0.6 is 0 Å². The van der Waals surface area contributed by atoms with Gasteiger partial charge in [-0.25, -0.2) is 4.79 Å². The molecule has 0 aromatic heterocycles. The molecular weight excluding hydrogens is 302 g/mol. The molecule has 3 amide bonds. The van der Waals surface area contributed by atoms with Gasteiger partial charge < -0.3 is 10.2 Å². The molecular formula is C19H32N3O2+. The SMILES string of the molecule is C[C@H]1CCCC[NH+]1CC(=O)NC(=O)NC12CC3CC(CC(C3)C1)C2. The highest BCUT2D eigenvalue weighted by atomic mass is 16.2. The van der Waals surface area contributed by atoms with Crippen molar-refractivity contribution < 1.29 is 14.5 Å². The largest absolute Gasteiger partial charge is 0.332 e. The summed E-state index contributed by atoms with van der Waals surface area (Å²) < 4.78 is 0. The molecule has 5 aliphatic rings. The lowest BCUT2D eigenvalue weighted by Crippen LogP contribution is -3.17. The average molecular weight is 334 g/mol. The first-order chi connectivity index (χ1) is 11.5. The lowest BCUT2D eigenvalue weighted by atomic mass is 9.53. The summed E-state index contributed by atoms with van der Waals surface area (Å²) in [4.78, 5) is 26.0. The van der Waals surface area contributed by atoms with Gasteiger partial charge in [-0.2, -0.15) is 0 Å².